The fourth-order valence-electron chi connectivity index (χ4n) is 1.54. The molecule has 2 rings (SSSR count). The van der Waals surface area contributed by atoms with E-state index in [2.05, 4.69) is 4.98 Å². The molecule has 3 N–H and O–H groups in total. The van der Waals surface area contributed by atoms with E-state index in [1.807, 2.05) is 0 Å². The predicted molar refractivity (Wildman–Crippen MR) is 67.1 cm³/mol. The number of thiazole rings is 1. The third kappa shape index (κ3) is 3.19. The number of carbonyl (C=O) groups is 1. The molecule has 0 spiro atoms. The quantitative estimate of drug-likeness (QED) is 0.852. The Morgan fingerprint density at radius 2 is 2.05 bits per heavy atom. The predicted octanol–water partition coefficient (Wildman–Crippen LogP) is 3.05. The number of aliphatic carboxylic acids is 1. The van der Waals surface area contributed by atoms with E-state index in [-0.39, 0.29) is 16.3 Å². The van der Waals surface area contributed by atoms with Crippen molar-refractivity contribution >= 4 is 17.3 Å². The number of hydrogen-bond donors (Lipinski definition) is 2. The van der Waals surface area contributed by atoms with Crippen molar-refractivity contribution in [2.24, 2.45) is 5.73 Å². The van der Waals surface area contributed by atoms with Crippen LogP contribution in [0, 0.1) is 5.82 Å². The number of nitrogens with zero attached hydrogens (tertiary/aromatic N) is 1. The van der Waals surface area contributed by atoms with Crippen molar-refractivity contribution in [3.63, 3.8) is 0 Å². The fraction of sp³-hybridized carbons (Fsp3) is 0.167. The number of aromatic nitrogens is 1. The minimum absolute atomic E-state index is 0.0423. The summed E-state index contributed by atoms with van der Waals surface area (Å²) >= 11 is 0.820. The second-order valence-corrected chi connectivity index (χ2v) is 4.94. The molecule has 1 heterocycles. The van der Waals surface area contributed by atoms with Gasteiger partial charge in [-0.2, -0.15) is 13.2 Å². The molecule has 0 aliphatic heterocycles. The van der Waals surface area contributed by atoms with Gasteiger partial charge in [0.15, 0.2) is 0 Å². The second-order valence-electron chi connectivity index (χ2n) is 4.09. The first-order valence-corrected chi connectivity index (χ1v) is 6.39. The summed E-state index contributed by atoms with van der Waals surface area (Å²) in [4.78, 5) is 14.5. The van der Waals surface area contributed by atoms with Crippen molar-refractivity contribution in [2.75, 3.05) is 0 Å². The Kier molecular flexibility index (Phi) is 3.97. The molecule has 9 heteroatoms. The molecule has 0 aliphatic carbocycles. The zero-order valence-electron chi connectivity index (χ0n) is 10.2. The van der Waals surface area contributed by atoms with Crippen LogP contribution in [0.2, 0.25) is 0 Å². The lowest BCUT2D eigenvalue weighted by atomic mass is 10.1. The van der Waals surface area contributed by atoms with Crippen LogP contribution in [-0.2, 0) is 11.0 Å². The van der Waals surface area contributed by atoms with Crippen LogP contribution >= 0.6 is 11.3 Å². The van der Waals surface area contributed by atoms with Crippen LogP contribution in [0.1, 0.15) is 17.3 Å². The van der Waals surface area contributed by atoms with Gasteiger partial charge >= 0.3 is 12.1 Å². The van der Waals surface area contributed by atoms with Gasteiger partial charge in [0, 0.05) is 10.9 Å². The smallest absolute Gasteiger partial charge is 0.416 e. The third-order valence-electron chi connectivity index (χ3n) is 2.63. The van der Waals surface area contributed by atoms with E-state index in [4.69, 9.17) is 10.8 Å². The van der Waals surface area contributed by atoms with Gasteiger partial charge in [-0.25, -0.2) is 9.37 Å². The Morgan fingerprint density at radius 3 is 2.62 bits per heavy atom. The highest BCUT2D eigenvalue weighted by Gasteiger charge is 2.31. The lowest BCUT2D eigenvalue weighted by Crippen LogP contribution is -2.20. The fourth-order valence-corrected chi connectivity index (χ4v) is 2.42. The molecule has 0 radical (unpaired) electrons. The van der Waals surface area contributed by atoms with E-state index in [0.717, 1.165) is 11.3 Å². The first-order chi connectivity index (χ1) is 9.70. The van der Waals surface area contributed by atoms with Crippen LogP contribution in [0.15, 0.2) is 23.6 Å². The number of nitrogens with two attached hydrogens (primary N) is 1. The van der Waals surface area contributed by atoms with Crippen LogP contribution in [0.25, 0.3) is 10.6 Å². The average Bonchev–Trinajstić information content (AvgIpc) is 2.86. The number of alkyl halides is 3. The molecule has 0 fully saturated rings. The van der Waals surface area contributed by atoms with E-state index < -0.39 is 29.6 Å². The van der Waals surface area contributed by atoms with E-state index in [0.29, 0.717) is 18.2 Å². The summed E-state index contributed by atoms with van der Waals surface area (Å²) in [5.74, 6) is -2.22. The van der Waals surface area contributed by atoms with E-state index in [9.17, 15) is 22.4 Å². The van der Waals surface area contributed by atoms with Crippen LogP contribution in [0.3, 0.4) is 0 Å². The normalized spacial score (nSPS) is 13.2. The zero-order chi connectivity index (χ0) is 15.8. The van der Waals surface area contributed by atoms with E-state index in [1.54, 1.807) is 0 Å². The molecular formula is C12H8F4N2O2S. The summed E-state index contributed by atoms with van der Waals surface area (Å²) in [5, 5.41) is 9.94. The highest BCUT2D eigenvalue weighted by atomic mass is 32.1. The molecule has 2 aromatic rings. The molecule has 1 aromatic heterocycles. The lowest BCUT2D eigenvalue weighted by molar-refractivity contribution is -0.139. The first-order valence-electron chi connectivity index (χ1n) is 5.51. The summed E-state index contributed by atoms with van der Waals surface area (Å²) in [7, 11) is 0. The Bertz CT molecular complexity index is 684. The largest absolute Gasteiger partial charge is 0.480 e. The Morgan fingerprint density at radius 1 is 1.38 bits per heavy atom. The molecular weight excluding hydrogens is 312 g/mol. The van der Waals surface area contributed by atoms with Crippen molar-refractivity contribution < 1.29 is 27.5 Å². The second kappa shape index (κ2) is 5.41. The van der Waals surface area contributed by atoms with Crippen LogP contribution in [0.4, 0.5) is 17.6 Å². The van der Waals surface area contributed by atoms with Crippen molar-refractivity contribution in [2.45, 2.75) is 12.2 Å². The van der Waals surface area contributed by atoms with Crippen molar-refractivity contribution in [3.8, 4) is 10.6 Å². The van der Waals surface area contributed by atoms with Crippen LogP contribution in [0.5, 0.6) is 0 Å². The van der Waals surface area contributed by atoms with Crippen molar-refractivity contribution in [1.82, 2.24) is 4.98 Å². The molecule has 0 saturated carbocycles. The molecule has 1 aromatic carbocycles. The SMILES string of the molecule is NC(C(=O)O)c1csc(-c2cc(C(F)(F)F)ccc2F)n1. The zero-order valence-corrected chi connectivity index (χ0v) is 11.0. The van der Waals surface area contributed by atoms with Gasteiger partial charge in [0.1, 0.15) is 16.9 Å². The minimum Gasteiger partial charge on any atom is -0.480 e. The van der Waals surface area contributed by atoms with Gasteiger partial charge in [-0.1, -0.05) is 0 Å². The van der Waals surface area contributed by atoms with Crippen molar-refractivity contribution in [1.29, 1.82) is 0 Å². The van der Waals surface area contributed by atoms with Gasteiger partial charge in [-0.15, -0.1) is 11.3 Å². The Labute approximate surface area is 119 Å². The van der Waals surface area contributed by atoms with Crippen molar-refractivity contribution in [3.05, 3.63) is 40.7 Å². The van der Waals surface area contributed by atoms with E-state index >= 15 is 0 Å². The molecule has 0 aliphatic rings. The maximum atomic E-state index is 13.7. The first kappa shape index (κ1) is 15.4. The van der Waals surface area contributed by atoms with Crippen LogP contribution in [-0.4, -0.2) is 16.1 Å². The highest BCUT2D eigenvalue weighted by Crippen LogP contribution is 2.35. The van der Waals surface area contributed by atoms with Gasteiger partial charge < -0.3 is 10.8 Å². The molecule has 0 bridgehead atoms. The highest BCUT2D eigenvalue weighted by molar-refractivity contribution is 7.13. The van der Waals surface area contributed by atoms with Gasteiger partial charge in [0.25, 0.3) is 0 Å². The van der Waals surface area contributed by atoms with Gasteiger partial charge in [0.05, 0.1) is 11.3 Å². The van der Waals surface area contributed by atoms with Gasteiger partial charge in [0.2, 0.25) is 0 Å². The maximum absolute atomic E-state index is 13.7. The number of carboxylic acid groups (broad SMARTS) is 1. The summed E-state index contributed by atoms with van der Waals surface area (Å²) in [6.07, 6.45) is -4.61. The number of hydrogen-bond acceptors (Lipinski definition) is 4. The molecule has 112 valence electrons. The molecule has 1 atom stereocenters. The molecule has 21 heavy (non-hydrogen) atoms. The standard InChI is InChI=1S/C12H8F4N2O2S/c13-7-2-1-5(12(14,15)16)3-6(7)10-18-8(4-21-10)9(17)11(19)20/h1-4,9H,17H2,(H,19,20). The van der Waals surface area contributed by atoms with Gasteiger partial charge in [-0.3, -0.25) is 4.79 Å². The molecule has 4 nitrogen and oxygen atoms in total. The van der Waals surface area contributed by atoms with E-state index in [1.165, 1.54) is 5.38 Å². The Hall–Kier alpha value is -2.00. The minimum atomic E-state index is -4.61. The number of benzene rings is 1. The lowest BCUT2D eigenvalue weighted by Gasteiger charge is -2.08. The number of rotatable bonds is 3. The van der Waals surface area contributed by atoms with Gasteiger partial charge in [-0.05, 0) is 18.2 Å². The topological polar surface area (TPSA) is 76.2 Å². The third-order valence-corrected chi connectivity index (χ3v) is 3.52. The molecule has 0 amide bonds. The molecule has 1 unspecified atom stereocenters. The summed E-state index contributed by atoms with van der Waals surface area (Å²) in [6.45, 7) is 0. The summed E-state index contributed by atoms with van der Waals surface area (Å²) < 4.78 is 51.5. The number of carboxylic acids is 1. The molecule has 0 saturated heterocycles. The number of halogens is 4. The summed E-state index contributed by atoms with van der Waals surface area (Å²) in [5.41, 5.74) is 3.93. The monoisotopic (exact) mass is 320 g/mol. The van der Waals surface area contributed by atoms with Crippen LogP contribution < -0.4 is 5.73 Å². The Balaban J connectivity index is 2.45. The average molecular weight is 320 g/mol. The summed E-state index contributed by atoms with van der Waals surface area (Å²) in [6, 6.07) is 0.528. The maximum Gasteiger partial charge on any atom is 0.416 e.